The number of carbonyl (C=O) groups is 1. The second-order valence-corrected chi connectivity index (χ2v) is 3.64. The van der Waals surface area contributed by atoms with Gasteiger partial charge in [-0.25, -0.2) is 4.99 Å². The molecule has 0 aliphatic carbocycles. The van der Waals surface area contributed by atoms with Gasteiger partial charge in [-0.05, 0) is 26.0 Å². The monoisotopic (exact) mass is 376 g/mol. The Hall–Kier alpha value is -1.31. The molecule has 106 valence electrons. The summed E-state index contributed by atoms with van der Waals surface area (Å²) in [5.74, 6) is 0.526. The number of rotatable bonds is 5. The summed E-state index contributed by atoms with van der Waals surface area (Å²) in [4.78, 5) is 15.8. The van der Waals surface area contributed by atoms with Crippen molar-refractivity contribution in [3.63, 3.8) is 0 Å². The molecule has 1 aromatic rings. The predicted octanol–water partition coefficient (Wildman–Crippen LogP) is 1.82. The molecule has 6 heteroatoms. The van der Waals surface area contributed by atoms with Crippen LogP contribution < -0.4 is 16.0 Å². The average molecular weight is 376 g/mol. The van der Waals surface area contributed by atoms with Crippen LogP contribution in [-0.2, 0) is 4.79 Å². The number of nitrogens with zero attached hydrogens (tertiary/aromatic N) is 1. The van der Waals surface area contributed by atoms with Crippen molar-refractivity contribution in [2.45, 2.75) is 13.8 Å². The fraction of sp³-hybridized carbons (Fsp3) is 0.385. The Labute approximate surface area is 131 Å². The third-order valence-corrected chi connectivity index (χ3v) is 2.13. The Morgan fingerprint density at radius 2 is 1.68 bits per heavy atom. The molecule has 0 saturated carbocycles. The van der Waals surface area contributed by atoms with Gasteiger partial charge in [0, 0.05) is 18.8 Å². The van der Waals surface area contributed by atoms with Crippen molar-refractivity contribution in [1.82, 2.24) is 10.6 Å². The maximum absolute atomic E-state index is 11.7. The molecule has 1 rings (SSSR count). The quantitative estimate of drug-likeness (QED) is 0.417. The Balaban J connectivity index is 0.00000324. The fourth-order valence-electron chi connectivity index (χ4n) is 1.38. The van der Waals surface area contributed by atoms with Gasteiger partial charge in [0.25, 0.3) is 0 Å². The van der Waals surface area contributed by atoms with Crippen molar-refractivity contribution in [2.24, 2.45) is 4.99 Å². The SMILES string of the molecule is CCNC(=NCC(=O)Nc1ccccc1)NCC.I. The van der Waals surface area contributed by atoms with Crippen LogP contribution >= 0.6 is 24.0 Å². The Kier molecular flexibility index (Phi) is 9.87. The predicted molar refractivity (Wildman–Crippen MR) is 90.1 cm³/mol. The Morgan fingerprint density at radius 3 is 2.21 bits per heavy atom. The van der Waals surface area contributed by atoms with Crippen molar-refractivity contribution >= 4 is 41.5 Å². The van der Waals surface area contributed by atoms with Gasteiger partial charge < -0.3 is 16.0 Å². The second kappa shape index (κ2) is 10.6. The van der Waals surface area contributed by atoms with Gasteiger partial charge in [-0.15, -0.1) is 24.0 Å². The molecule has 0 spiro atoms. The minimum absolute atomic E-state index is 0. The van der Waals surface area contributed by atoms with Crippen LogP contribution in [0, 0.1) is 0 Å². The molecule has 0 aliphatic rings. The second-order valence-electron chi connectivity index (χ2n) is 3.64. The molecule has 0 aliphatic heterocycles. The first-order valence-corrected chi connectivity index (χ1v) is 6.13. The molecular formula is C13H21IN4O. The first-order chi connectivity index (χ1) is 8.76. The zero-order chi connectivity index (χ0) is 13.2. The van der Waals surface area contributed by atoms with Gasteiger partial charge in [0.2, 0.25) is 5.91 Å². The number of benzene rings is 1. The molecule has 0 unspecified atom stereocenters. The van der Waals surface area contributed by atoms with Gasteiger partial charge >= 0.3 is 0 Å². The van der Waals surface area contributed by atoms with Crippen LogP contribution in [0.5, 0.6) is 0 Å². The molecule has 0 atom stereocenters. The number of carbonyl (C=O) groups excluding carboxylic acids is 1. The largest absolute Gasteiger partial charge is 0.357 e. The van der Waals surface area contributed by atoms with Crippen LogP contribution in [0.25, 0.3) is 0 Å². The lowest BCUT2D eigenvalue weighted by Gasteiger charge is -2.09. The highest BCUT2D eigenvalue weighted by Crippen LogP contribution is 2.04. The normalized spacial score (nSPS) is 8.95. The molecular weight excluding hydrogens is 355 g/mol. The number of aliphatic imine (C=N–C) groups is 1. The van der Waals surface area contributed by atoms with E-state index < -0.39 is 0 Å². The summed E-state index contributed by atoms with van der Waals surface area (Å²) < 4.78 is 0. The number of hydrogen-bond donors (Lipinski definition) is 3. The van der Waals surface area contributed by atoms with Crippen LogP contribution in [0.2, 0.25) is 0 Å². The van der Waals surface area contributed by atoms with E-state index in [0.29, 0.717) is 5.96 Å². The number of guanidine groups is 1. The molecule has 1 amide bonds. The fourth-order valence-corrected chi connectivity index (χ4v) is 1.38. The number of amides is 1. The minimum atomic E-state index is -0.130. The Bertz CT molecular complexity index is 387. The van der Waals surface area contributed by atoms with E-state index in [1.807, 2.05) is 44.2 Å². The molecule has 0 aromatic heterocycles. The molecule has 19 heavy (non-hydrogen) atoms. The molecule has 0 saturated heterocycles. The van der Waals surface area contributed by atoms with Gasteiger partial charge in [0.15, 0.2) is 5.96 Å². The van der Waals surface area contributed by atoms with Crippen molar-refractivity contribution in [3.05, 3.63) is 30.3 Å². The van der Waals surface area contributed by atoms with Crippen molar-refractivity contribution in [1.29, 1.82) is 0 Å². The zero-order valence-electron chi connectivity index (χ0n) is 11.3. The highest BCUT2D eigenvalue weighted by molar-refractivity contribution is 14.0. The van der Waals surface area contributed by atoms with Gasteiger partial charge in [-0.2, -0.15) is 0 Å². The summed E-state index contributed by atoms with van der Waals surface area (Å²) in [5.41, 5.74) is 0.783. The lowest BCUT2D eigenvalue weighted by atomic mass is 10.3. The molecule has 0 heterocycles. The molecule has 3 N–H and O–H groups in total. The molecule has 0 bridgehead atoms. The van der Waals surface area contributed by atoms with Crippen molar-refractivity contribution in [3.8, 4) is 0 Å². The number of hydrogen-bond acceptors (Lipinski definition) is 2. The summed E-state index contributed by atoms with van der Waals surface area (Å²) in [6, 6.07) is 9.35. The van der Waals surface area contributed by atoms with Crippen molar-refractivity contribution in [2.75, 3.05) is 25.0 Å². The number of nitrogens with one attached hydrogen (secondary N) is 3. The number of anilines is 1. The summed E-state index contributed by atoms with van der Waals surface area (Å²) in [6.45, 7) is 5.61. The van der Waals surface area contributed by atoms with E-state index >= 15 is 0 Å². The Morgan fingerprint density at radius 1 is 1.11 bits per heavy atom. The molecule has 1 aromatic carbocycles. The lowest BCUT2D eigenvalue weighted by Crippen LogP contribution is -2.37. The van der Waals surface area contributed by atoms with E-state index in [1.54, 1.807) is 0 Å². The average Bonchev–Trinajstić information content (AvgIpc) is 2.38. The summed E-state index contributed by atoms with van der Waals surface area (Å²) in [7, 11) is 0. The minimum Gasteiger partial charge on any atom is -0.357 e. The summed E-state index contributed by atoms with van der Waals surface area (Å²) in [5, 5.41) is 8.90. The van der Waals surface area contributed by atoms with Crippen molar-refractivity contribution < 1.29 is 4.79 Å². The van der Waals surface area contributed by atoms with Gasteiger partial charge in [0.1, 0.15) is 6.54 Å². The highest BCUT2D eigenvalue weighted by Gasteiger charge is 2.01. The summed E-state index contributed by atoms with van der Waals surface area (Å²) in [6.07, 6.45) is 0. The van der Waals surface area contributed by atoms with E-state index in [0.717, 1.165) is 18.8 Å². The van der Waals surface area contributed by atoms with Crippen LogP contribution in [0.15, 0.2) is 35.3 Å². The van der Waals surface area contributed by atoms with Crippen LogP contribution in [-0.4, -0.2) is 31.5 Å². The van der Waals surface area contributed by atoms with E-state index in [1.165, 1.54) is 0 Å². The maximum atomic E-state index is 11.7. The number of halogens is 1. The summed E-state index contributed by atoms with van der Waals surface area (Å²) >= 11 is 0. The lowest BCUT2D eigenvalue weighted by molar-refractivity contribution is -0.114. The third-order valence-electron chi connectivity index (χ3n) is 2.13. The van der Waals surface area contributed by atoms with E-state index in [2.05, 4.69) is 20.9 Å². The highest BCUT2D eigenvalue weighted by atomic mass is 127. The standard InChI is InChI=1S/C13H20N4O.HI/c1-3-14-13(15-4-2)16-10-12(18)17-11-8-6-5-7-9-11;/h5-9H,3-4,10H2,1-2H3,(H,17,18)(H2,14,15,16);1H. The molecule has 5 nitrogen and oxygen atoms in total. The van der Waals surface area contributed by atoms with Gasteiger partial charge in [-0.1, -0.05) is 18.2 Å². The third kappa shape index (κ3) is 7.66. The first-order valence-electron chi connectivity index (χ1n) is 6.13. The molecule has 0 fully saturated rings. The van der Waals surface area contributed by atoms with Gasteiger partial charge in [0.05, 0.1) is 0 Å². The number of para-hydroxylation sites is 1. The zero-order valence-corrected chi connectivity index (χ0v) is 13.6. The van der Waals surface area contributed by atoms with E-state index in [-0.39, 0.29) is 36.4 Å². The van der Waals surface area contributed by atoms with E-state index in [9.17, 15) is 4.79 Å². The van der Waals surface area contributed by atoms with Crippen LogP contribution in [0.4, 0.5) is 5.69 Å². The first kappa shape index (κ1) is 17.7. The van der Waals surface area contributed by atoms with Gasteiger partial charge in [-0.3, -0.25) is 4.79 Å². The van der Waals surface area contributed by atoms with Crippen LogP contribution in [0.3, 0.4) is 0 Å². The maximum Gasteiger partial charge on any atom is 0.246 e. The smallest absolute Gasteiger partial charge is 0.246 e. The molecule has 0 radical (unpaired) electrons. The topological polar surface area (TPSA) is 65.5 Å². The van der Waals surface area contributed by atoms with Crippen LogP contribution in [0.1, 0.15) is 13.8 Å². The van der Waals surface area contributed by atoms with E-state index in [4.69, 9.17) is 0 Å².